The van der Waals surface area contributed by atoms with Crippen molar-refractivity contribution in [2.75, 3.05) is 0 Å². The van der Waals surface area contributed by atoms with E-state index in [-0.39, 0.29) is 35.7 Å². The molecule has 6 heteroatoms. The smallest absolute Gasteiger partial charge is 0.748 e. The molecule has 2 unspecified atom stereocenters. The maximum Gasteiger partial charge on any atom is 1.00 e. The summed E-state index contributed by atoms with van der Waals surface area (Å²) in [5, 5.41) is 9.20. The third-order valence-electron chi connectivity index (χ3n) is 4.74. The minimum Gasteiger partial charge on any atom is -0.748 e. The predicted octanol–water partition coefficient (Wildman–Crippen LogP) is 2.16. The minimum absolute atomic E-state index is 0. The standard InChI is InChI=1S/C19H40O4S.Na/c1-3-5-7-11-14-18(20)15-12-8-9-13-17-19(24(21,22)23)16-10-6-4-2;/h18-20H,3-17H2,1-2H3,(H,21,22,23);/q;+1/p-1. The molecule has 0 fully saturated rings. The van der Waals surface area contributed by atoms with E-state index in [1.54, 1.807) is 0 Å². The zero-order chi connectivity index (χ0) is 18.3. The van der Waals surface area contributed by atoms with E-state index in [0.29, 0.717) is 12.8 Å². The number of unbranched alkanes of at least 4 members (excludes halogenated alkanes) is 8. The fraction of sp³-hybridized carbons (Fsp3) is 1.00. The molecule has 0 saturated carbocycles. The van der Waals surface area contributed by atoms with Crippen LogP contribution in [0.3, 0.4) is 0 Å². The average Bonchev–Trinajstić information content (AvgIpc) is 2.52. The summed E-state index contributed by atoms with van der Waals surface area (Å²) in [5.41, 5.74) is 0. The van der Waals surface area contributed by atoms with Gasteiger partial charge in [-0.15, -0.1) is 0 Å². The fourth-order valence-corrected chi connectivity index (χ4v) is 4.02. The predicted molar refractivity (Wildman–Crippen MR) is 100 cm³/mol. The zero-order valence-corrected chi connectivity index (χ0v) is 19.7. The SMILES string of the molecule is CCCCCCC(O)CCCCCCC(CCCCC)S(=O)(=O)[O-].[Na+]. The van der Waals surface area contributed by atoms with Crippen LogP contribution in [0.25, 0.3) is 0 Å². The van der Waals surface area contributed by atoms with Crippen LogP contribution in [0.4, 0.5) is 0 Å². The van der Waals surface area contributed by atoms with Crippen molar-refractivity contribution in [2.45, 2.75) is 122 Å². The Kier molecular flexibility index (Phi) is 20.5. The van der Waals surface area contributed by atoms with E-state index in [4.69, 9.17) is 0 Å². The third-order valence-corrected chi connectivity index (χ3v) is 6.03. The molecule has 0 radical (unpaired) electrons. The Morgan fingerprint density at radius 1 is 0.720 bits per heavy atom. The molecule has 0 bridgehead atoms. The van der Waals surface area contributed by atoms with Gasteiger partial charge in [-0.1, -0.05) is 84.5 Å². The fourth-order valence-electron chi connectivity index (χ4n) is 3.11. The van der Waals surface area contributed by atoms with Gasteiger partial charge in [-0.3, -0.25) is 0 Å². The van der Waals surface area contributed by atoms with E-state index in [0.717, 1.165) is 64.2 Å². The summed E-state index contributed by atoms with van der Waals surface area (Å²) in [6.45, 7) is 4.25. The minimum atomic E-state index is -4.16. The maximum absolute atomic E-state index is 11.3. The average molecular weight is 387 g/mol. The van der Waals surface area contributed by atoms with Crippen molar-refractivity contribution in [3.63, 3.8) is 0 Å². The van der Waals surface area contributed by atoms with Crippen LogP contribution in [0.1, 0.15) is 110 Å². The van der Waals surface area contributed by atoms with Crippen LogP contribution in [-0.2, 0) is 10.1 Å². The van der Waals surface area contributed by atoms with Gasteiger partial charge in [0, 0.05) is 5.25 Å². The molecule has 0 aliphatic heterocycles. The van der Waals surface area contributed by atoms with Crippen LogP contribution in [0.5, 0.6) is 0 Å². The van der Waals surface area contributed by atoms with Gasteiger partial charge in [0.25, 0.3) is 0 Å². The van der Waals surface area contributed by atoms with Gasteiger partial charge >= 0.3 is 29.6 Å². The van der Waals surface area contributed by atoms with E-state index in [1.807, 2.05) is 0 Å². The quantitative estimate of drug-likeness (QED) is 0.236. The van der Waals surface area contributed by atoms with Crippen molar-refractivity contribution >= 4 is 10.1 Å². The molecule has 146 valence electrons. The van der Waals surface area contributed by atoms with Crippen molar-refractivity contribution in [2.24, 2.45) is 0 Å². The largest absolute Gasteiger partial charge is 1.00 e. The van der Waals surface area contributed by atoms with Crippen molar-refractivity contribution in [1.29, 1.82) is 0 Å². The Morgan fingerprint density at radius 2 is 1.08 bits per heavy atom. The monoisotopic (exact) mass is 386 g/mol. The summed E-state index contributed by atoms with van der Waals surface area (Å²) < 4.78 is 33.9. The van der Waals surface area contributed by atoms with Gasteiger partial charge in [0.2, 0.25) is 0 Å². The second-order valence-electron chi connectivity index (χ2n) is 7.11. The van der Waals surface area contributed by atoms with Crippen LogP contribution in [0.15, 0.2) is 0 Å². The van der Waals surface area contributed by atoms with Crippen molar-refractivity contribution < 1.29 is 47.6 Å². The first-order chi connectivity index (χ1) is 11.4. The molecule has 25 heavy (non-hydrogen) atoms. The number of aliphatic hydroxyl groups is 1. The van der Waals surface area contributed by atoms with Gasteiger partial charge in [0.05, 0.1) is 16.2 Å². The van der Waals surface area contributed by atoms with Gasteiger partial charge < -0.3 is 9.66 Å². The first-order valence-electron chi connectivity index (χ1n) is 10.0. The van der Waals surface area contributed by atoms with Crippen LogP contribution >= 0.6 is 0 Å². The van der Waals surface area contributed by atoms with E-state index in [2.05, 4.69) is 13.8 Å². The molecule has 1 N–H and O–H groups in total. The van der Waals surface area contributed by atoms with Crippen LogP contribution < -0.4 is 29.6 Å². The summed E-state index contributed by atoms with van der Waals surface area (Å²) in [6.07, 6.45) is 13.9. The van der Waals surface area contributed by atoms with Crippen molar-refractivity contribution in [3.05, 3.63) is 0 Å². The van der Waals surface area contributed by atoms with Gasteiger partial charge in [-0.05, 0) is 25.7 Å². The molecular formula is C19H39NaO4S. The second kappa shape index (κ2) is 18.2. The molecule has 2 atom stereocenters. The van der Waals surface area contributed by atoms with Crippen LogP contribution in [0, 0.1) is 0 Å². The van der Waals surface area contributed by atoms with Gasteiger partial charge in [0.1, 0.15) is 0 Å². The molecule has 0 aliphatic rings. The summed E-state index contributed by atoms with van der Waals surface area (Å²) in [6, 6.07) is 0. The number of hydrogen-bond donors (Lipinski definition) is 1. The molecular weight excluding hydrogens is 347 g/mol. The van der Waals surface area contributed by atoms with E-state index >= 15 is 0 Å². The number of rotatable bonds is 17. The molecule has 0 aromatic rings. The summed E-state index contributed by atoms with van der Waals surface area (Å²) in [7, 11) is -4.16. The molecule has 0 rings (SSSR count). The molecule has 0 saturated heterocycles. The van der Waals surface area contributed by atoms with Gasteiger partial charge in [0.15, 0.2) is 0 Å². The molecule has 0 amide bonds. The Morgan fingerprint density at radius 3 is 1.52 bits per heavy atom. The maximum atomic E-state index is 11.3. The van der Waals surface area contributed by atoms with E-state index in [1.165, 1.54) is 19.3 Å². The molecule has 0 spiro atoms. The molecule has 4 nitrogen and oxygen atoms in total. The molecule has 0 heterocycles. The van der Waals surface area contributed by atoms with Crippen LogP contribution in [-0.4, -0.2) is 29.4 Å². The topological polar surface area (TPSA) is 77.4 Å². The van der Waals surface area contributed by atoms with Gasteiger partial charge in [-0.25, -0.2) is 8.42 Å². The Hall–Kier alpha value is 0.870. The first-order valence-corrected chi connectivity index (χ1v) is 11.5. The Labute approximate surface area is 178 Å². The number of hydrogen-bond acceptors (Lipinski definition) is 4. The Bertz CT molecular complexity index is 374. The van der Waals surface area contributed by atoms with E-state index < -0.39 is 15.4 Å². The Balaban J connectivity index is 0. The zero-order valence-electron chi connectivity index (χ0n) is 16.8. The summed E-state index contributed by atoms with van der Waals surface area (Å²) in [4.78, 5) is 0. The van der Waals surface area contributed by atoms with Crippen LogP contribution in [0.2, 0.25) is 0 Å². The molecule has 0 aliphatic carbocycles. The van der Waals surface area contributed by atoms with Gasteiger partial charge in [-0.2, -0.15) is 0 Å². The van der Waals surface area contributed by atoms with E-state index in [9.17, 15) is 18.1 Å². The second-order valence-corrected chi connectivity index (χ2v) is 8.76. The summed E-state index contributed by atoms with van der Waals surface area (Å²) >= 11 is 0. The third kappa shape index (κ3) is 18.0. The first kappa shape index (κ1) is 28.1. The van der Waals surface area contributed by atoms with Crippen molar-refractivity contribution in [1.82, 2.24) is 0 Å². The molecule has 0 aromatic carbocycles. The number of aliphatic hydroxyl groups excluding tert-OH is 1. The molecule has 0 aromatic heterocycles. The normalized spacial score (nSPS) is 14.1. The summed E-state index contributed by atoms with van der Waals surface area (Å²) in [5.74, 6) is 0. The van der Waals surface area contributed by atoms with Crippen molar-refractivity contribution in [3.8, 4) is 0 Å².